The van der Waals surface area contributed by atoms with Crippen LogP contribution in [0.4, 0.5) is 0 Å². The van der Waals surface area contributed by atoms with Crippen molar-refractivity contribution in [1.29, 1.82) is 0 Å². The summed E-state index contributed by atoms with van der Waals surface area (Å²) in [5.74, 6) is 2.91. The Kier molecular flexibility index (Phi) is 23.4. The highest BCUT2D eigenvalue weighted by Crippen LogP contribution is 2.26. The Hall–Kier alpha value is -1.26. The van der Waals surface area contributed by atoms with Crippen molar-refractivity contribution in [3.63, 3.8) is 0 Å². The number of aliphatic hydroxyl groups excluding tert-OH is 1. The standard InChI is InChI=1S/C36H67NO3/c1-6-9-11-12-13-14-15-16-17-18-19-20-21-23-34-26-35(39-30-32(4)29-37(5)24-25-38)28-36(27-34)40-31-33(8-3)22-10-7-2/h26-28,32-33,38H,6-25,29-31H2,1-5H3. The number of benzene rings is 1. The topological polar surface area (TPSA) is 41.9 Å². The zero-order valence-electron chi connectivity index (χ0n) is 27.4. The summed E-state index contributed by atoms with van der Waals surface area (Å²) in [6.07, 6.45) is 24.0. The average molecular weight is 562 g/mol. The molecule has 234 valence electrons. The quantitative estimate of drug-likeness (QED) is 0.103. The van der Waals surface area contributed by atoms with Crippen molar-refractivity contribution in [2.45, 2.75) is 143 Å². The van der Waals surface area contributed by atoms with Crippen LogP contribution in [-0.4, -0.2) is 50.0 Å². The molecule has 0 fully saturated rings. The molecule has 0 aliphatic heterocycles. The first kappa shape index (κ1) is 36.8. The molecule has 0 aliphatic carbocycles. The summed E-state index contributed by atoms with van der Waals surface area (Å²) in [6, 6.07) is 6.56. The van der Waals surface area contributed by atoms with Crippen molar-refractivity contribution in [2.75, 3.05) is 40.0 Å². The van der Waals surface area contributed by atoms with Gasteiger partial charge in [0.2, 0.25) is 0 Å². The van der Waals surface area contributed by atoms with E-state index in [2.05, 4.69) is 57.8 Å². The summed E-state index contributed by atoms with van der Waals surface area (Å²) in [6.45, 7) is 12.3. The van der Waals surface area contributed by atoms with Crippen LogP contribution < -0.4 is 9.47 Å². The molecule has 2 atom stereocenters. The predicted octanol–water partition coefficient (Wildman–Crippen LogP) is 9.85. The third-order valence-electron chi connectivity index (χ3n) is 8.18. The molecule has 0 heterocycles. The van der Waals surface area contributed by atoms with Gasteiger partial charge in [-0.25, -0.2) is 0 Å². The lowest BCUT2D eigenvalue weighted by Gasteiger charge is -2.21. The molecule has 0 saturated heterocycles. The average Bonchev–Trinajstić information content (AvgIpc) is 2.94. The van der Waals surface area contributed by atoms with Gasteiger partial charge in [-0.15, -0.1) is 0 Å². The van der Waals surface area contributed by atoms with Gasteiger partial charge in [0.1, 0.15) is 11.5 Å². The Morgan fingerprint density at radius 3 is 1.75 bits per heavy atom. The summed E-state index contributed by atoms with van der Waals surface area (Å²) in [7, 11) is 2.05. The van der Waals surface area contributed by atoms with Crippen LogP contribution in [0, 0.1) is 11.8 Å². The summed E-state index contributed by atoms with van der Waals surface area (Å²) >= 11 is 0. The maximum absolute atomic E-state index is 9.18. The fourth-order valence-corrected chi connectivity index (χ4v) is 5.49. The first-order chi connectivity index (χ1) is 19.5. The summed E-state index contributed by atoms with van der Waals surface area (Å²) in [5, 5.41) is 9.18. The molecule has 1 aromatic rings. The molecule has 40 heavy (non-hydrogen) atoms. The minimum Gasteiger partial charge on any atom is -0.493 e. The number of aliphatic hydroxyl groups is 1. The lowest BCUT2D eigenvalue weighted by atomic mass is 10.0. The Morgan fingerprint density at radius 1 is 0.700 bits per heavy atom. The van der Waals surface area contributed by atoms with E-state index in [1.165, 1.54) is 115 Å². The maximum atomic E-state index is 9.18. The molecule has 0 spiro atoms. The van der Waals surface area contributed by atoms with Crippen molar-refractivity contribution < 1.29 is 14.6 Å². The molecule has 0 saturated carbocycles. The van der Waals surface area contributed by atoms with E-state index in [1.54, 1.807) is 0 Å². The maximum Gasteiger partial charge on any atom is 0.123 e. The van der Waals surface area contributed by atoms with E-state index < -0.39 is 0 Å². The molecular formula is C36H67NO3. The van der Waals surface area contributed by atoms with Crippen molar-refractivity contribution in [1.82, 2.24) is 4.90 Å². The van der Waals surface area contributed by atoms with Gasteiger partial charge < -0.3 is 19.5 Å². The Morgan fingerprint density at radius 2 is 1.23 bits per heavy atom. The smallest absolute Gasteiger partial charge is 0.123 e. The first-order valence-corrected chi connectivity index (χ1v) is 17.2. The second-order valence-electron chi connectivity index (χ2n) is 12.4. The van der Waals surface area contributed by atoms with Gasteiger partial charge in [0.25, 0.3) is 0 Å². The van der Waals surface area contributed by atoms with Crippen molar-refractivity contribution >= 4 is 0 Å². The van der Waals surface area contributed by atoms with Gasteiger partial charge in [-0.05, 0) is 49.9 Å². The molecule has 2 unspecified atom stereocenters. The number of aryl methyl sites for hydroxylation is 1. The lowest BCUT2D eigenvalue weighted by molar-refractivity contribution is 0.176. The van der Waals surface area contributed by atoms with Crippen molar-refractivity contribution in [3.05, 3.63) is 23.8 Å². The fourth-order valence-electron chi connectivity index (χ4n) is 5.49. The molecule has 4 nitrogen and oxygen atoms in total. The van der Waals surface area contributed by atoms with Crippen LogP contribution in [0.3, 0.4) is 0 Å². The number of hydrogen-bond donors (Lipinski definition) is 1. The molecule has 0 bridgehead atoms. The Labute approximate surface area is 249 Å². The molecule has 1 aromatic carbocycles. The Bertz CT molecular complexity index is 695. The monoisotopic (exact) mass is 562 g/mol. The minimum absolute atomic E-state index is 0.197. The third kappa shape index (κ3) is 19.8. The van der Waals surface area contributed by atoms with Gasteiger partial charge in [0.05, 0.1) is 19.8 Å². The number of unbranched alkanes of at least 4 members (excludes halogenated alkanes) is 13. The third-order valence-corrected chi connectivity index (χ3v) is 8.18. The molecular weight excluding hydrogens is 494 g/mol. The zero-order valence-corrected chi connectivity index (χ0v) is 27.4. The molecule has 1 rings (SSSR count). The highest BCUT2D eigenvalue weighted by atomic mass is 16.5. The van der Waals surface area contributed by atoms with Crippen LogP contribution in [-0.2, 0) is 6.42 Å². The van der Waals surface area contributed by atoms with E-state index in [4.69, 9.17) is 9.47 Å². The number of ether oxygens (including phenoxy) is 2. The number of hydrogen-bond acceptors (Lipinski definition) is 4. The Balaban J connectivity index is 2.50. The first-order valence-electron chi connectivity index (χ1n) is 17.2. The fraction of sp³-hybridized carbons (Fsp3) is 0.833. The van der Waals surface area contributed by atoms with Crippen LogP contribution in [0.25, 0.3) is 0 Å². The molecule has 4 heteroatoms. The van der Waals surface area contributed by atoms with Gasteiger partial charge in [-0.3, -0.25) is 0 Å². The van der Waals surface area contributed by atoms with Crippen molar-refractivity contribution in [2.24, 2.45) is 11.8 Å². The van der Waals surface area contributed by atoms with Gasteiger partial charge in [0.15, 0.2) is 0 Å². The van der Waals surface area contributed by atoms with E-state index in [1.807, 2.05) is 0 Å². The molecule has 0 aliphatic rings. The molecule has 0 radical (unpaired) electrons. The van der Waals surface area contributed by atoms with Crippen LogP contribution in [0.5, 0.6) is 11.5 Å². The zero-order chi connectivity index (χ0) is 29.3. The van der Waals surface area contributed by atoms with E-state index in [-0.39, 0.29) is 6.61 Å². The van der Waals surface area contributed by atoms with Gasteiger partial charge in [-0.1, -0.05) is 124 Å². The van der Waals surface area contributed by atoms with Gasteiger partial charge >= 0.3 is 0 Å². The number of nitrogens with zero attached hydrogens (tertiary/aromatic N) is 1. The van der Waals surface area contributed by atoms with E-state index in [0.717, 1.165) is 31.1 Å². The minimum atomic E-state index is 0.197. The van der Waals surface area contributed by atoms with Crippen LogP contribution in [0.2, 0.25) is 0 Å². The lowest BCUT2D eigenvalue weighted by Crippen LogP contribution is -2.29. The second kappa shape index (κ2) is 25.5. The van der Waals surface area contributed by atoms with E-state index in [9.17, 15) is 5.11 Å². The van der Waals surface area contributed by atoms with Crippen LogP contribution in [0.15, 0.2) is 18.2 Å². The predicted molar refractivity (Wildman–Crippen MR) is 174 cm³/mol. The highest BCUT2D eigenvalue weighted by molar-refractivity contribution is 5.38. The highest BCUT2D eigenvalue weighted by Gasteiger charge is 2.11. The molecule has 0 aromatic heterocycles. The number of likely N-dealkylation sites (N-methyl/N-ethyl adjacent to an activating group) is 1. The van der Waals surface area contributed by atoms with E-state index in [0.29, 0.717) is 25.0 Å². The molecule has 1 N–H and O–H groups in total. The largest absolute Gasteiger partial charge is 0.493 e. The number of rotatable bonds is 28. The van der Waals surface area contributed by atoms with Crippen LogP contribution >= 0.6 is 0 Å². The second-order valence-corrected chi connectivity index (χ2v) is 12.4. The summed E-state index contributed by atoms with van der Waals surface area (Å²) in [4.78, 5) is 2.16. The van der Waals surface area contributed by atoms with Gasteiger partial charge in [0, 0.05) is 25.1 Å². The summed E-state index contributed by atoms with van der Waals surface area (Å²) in [5.41, 5.74) is 1.34. The van der Waals surface area contributed by atoms with Crippen LogP contribution in [0.1, 0.15) is 142 Å². The van der Waals surface area contributed by atoms with E-state index >= 15 is 0 Å². The molecule has 0 amide bonds. The van der Waals surface area contributed by atoms with Crippen molar-refractivity contribution in [3.8, 4) is 11.5 Å². The summed E-state index contributed by atoms with van der Waals surface area (Å²) < 4.78 is 12.6. The SMILES string of the molecule is CCCCCCCCCCCCCCCc1cc(OCC(C)CN(C)CCO)cc(OCC(CC)CCCC)c1. The normalized spacial score (nSPS) is 13.1. The van der Waals surface area contributed by atoms with Gasteiger partial charge in [-0.2, -0.15) is 0 Å².